The van der Waals surface area contributed by atoms with Crippen LogP contribution in [0.25, 0.3) is 0 Å². The van der Waals surface area contributed by atoms with Crippen molar-refractivity contribution in [3.05, 3.63) is 63.9 Å². The molecule has 1 aromatic heterocycles. The molecule has 5 nitrogen and oxygen atoms in total. The van der Waals surface area contributed by atoms with Gasteiger partial charge in [-0.25, -0.2) is 4.98 Å². The third kappa shape index (κ3) is 4.77. The van der Waals surface area contributed by atoms with E-state index in [4.69, 9.17) is 21.6 Å². The standard InChI is InChI=1S/C18H16ClN3O2.ClH/c19-16-7-13(18-11-21-5-6-24-18)2-1-12(16)8-17(23)14-3-4-15(9-20)22-10-14;/h1-4,7,10,18,21H,5-6,8,11H2;1H/t18-;/m1./s1. The maximum Gasteiger partial charge on any atom is 0.168 e. The number of ether oxygens (including phenoxy) is 1. The van der Waals surface area contributed by atoms with Crippen molar-refractivity contribution in [3.8, 4) is 6.07 Å². The van der Waals surface area contributed by atoms with Gasteiger partial charge in [0.2, 0.25) is 0 Å². The number of nitrogens with one attached hydrogen (secondary N) is 1. The molecule has 130 valence electrons. The average Bonchev–Trinajstić information content (AvgIpc) is 2.64. The number of ketones is 1. The summed E-state index contributed by atoms with van der Waals surface area (Å²) in [6.07, 6.45) is 1.60. The Hall–Kier alpha value is -1.97. The summed E-state index contributed by atoms with van der Waals surface area (Å²) in [4.78, 5) is 16.3. The monoisotopic (exact) mass is 377 g/mol. The number of halogens is 2. The summed E-state index contributed by atoms with van der Waals surface area (Å²) in [5.74, 6) is -0.0859. The molecule has 25 heavy (non-hydrogen) atoms. The zero-order chi connectivity index (χ0) is 16.9. The van der Waals surface area contributed by atoms with Gasteiger partial charge in [-0.2, -0.15) is 5.26 Å². The molecule has 0 aliphatic carbocycles. The van der Waals surface area contributed by atoms with Crippen LogP contribution in [0.3, 0.4) is 0 Å². The van der Waals surface area contributed by atoms with Gasteiger partial charge in [0.1, 0.15) is 11.8 Å². The van der Waals surface area contributed by atoms with Crippen molar-refractivity contribution in [1.82, 2.24) is 10.3 Å². The molecule has 1 fully saturated rings. The SMILES string of the molecule is Cl.N#Cc1ccc(C(=O)Cc2ccc([C@H]3CNCCO3)cc2Cl)cn1. The number of hydrogen-bond acceptors (Lipinski definition) is 5. The Balaban J connectivity index is 0.00000225. The lowest BCUT2D eigenvalue weighted by Crippen LogP contribution is -2.33. The van der Waals surface area contributed by atoms with Crippen LogP contribution in [0.5, 0.6) is 0 Å². The van der Waals surface area contributed by atoms with E-state index in [0.717, 1.165) is 24.2 Å². The molecule has 1 N–H and O–H groups in total. The molecule has 2 aromatic rings. The molecule has 7 heteroatoms. The van der Waals surface area contributed by atoms with Crippen molar-refractivity contribution in [2.75, 3.05) is 19.7 Å². The van der Waals surface area contributed by atoms with Crippen molar-refractivity contribution in [1.29, 1.82) is 5.26 Å². The minimum absolute atomic E-state index is 0. The third-order valence-corrected chi connectivity index (χ3v) is 4.28. The van der Waals surface area contributed by atoms with Crippen molar-refractivity contribution in [2.45, 2.75) is 12.5 Å². The van der Waals surface area contributed by atoms with Crippen LogP contribution < -0.4 is 5.32 Å². The van der Waals surface area contributed by atoms with Gasteiger partial charge < -0.3 is 10.1 Å². The Morgan fingerprint density at radius 1 is 1.40 bits per heavy atom. The first-order valence-electron chi connectivity index (χ1n) is 7.67. The van der Waals surface area contributed by atoms with Gasteiger partial charge in [-0.05, 0) is 29.3 Å². The predicted molar refractivity (Wildman–Crippen MR) is 97.2 cm³/mol. The summed E-state index contributed by atoms with van der Waals surface area (Å²) >= 11 is 6.34. The molecule has 1 aliphatic rings. The minimum atomic E-state index is -0.0859. The maximum atomic E-state index is 12.3. The zero-order valence-electron chi connectivity index (χ0n) is 13.4. The van der Waals surface area contributed by atoms with Gasteiger partial charge in [0, 0.05) is 36.3 Å². The Bertz CT molecular complexity index is 782. The van der Waals surface area contributed by atoms with Gasteiger partial charge in [-0.3, -0.25) is 4.79 Å². The highest BCUT2D eigenvalue weighted by Gasteiger charge is 2.17. The second kappa shape index (κ2) is 8.93. The van der Waals surface area contributed by atoms with Crippen molar-refractivity contribution < 1.29 is 9.53 Å². The number of pyridine rings is 1. The lowest BCUT2D eigenvalue weighted by Gasteiger charge is -2.24. The lowest BCUT2D eigenvalue weighted by molar-refractivity contribution is 0.0277. The molecule has 0 saturated carbocycles. The molecule has 0 radical (unpaired) electrons. The highest BCUT2D eigenvalue weighted by molar-refractivity contribution is 6.31. The Labute approximate surface area is 157 Å². The van der Waals surface area contributed by atoms with Gasteiger partial charge >= 0.3 is 0 Å². The summed E-state index contributed by atoms with van der Waals surface area (Å²) in [5.41, 5.74) is 2.52. The molecule has 1 aliphatic heterocycles. The van der Waals surface area contributed by atoms with E-state index in [1.165, 1.54) is 12.3 Å². The topological polar surface area (TPSA) is 75.0 Å². The number of benzene rings is 1. The quantitative estimate of drug-likeness (QED) is 0.828. The third-order valence-electron chi connectivity index (χ3n) is 3.93. The second-order valence-electron chi connectivity index (χ2n) is 5.56. The van der Waals surface area contributed by atoms with Crippen LogP contribution in [-0.4, -0.2) is 30.5 Å². The molecule has 0 unspecified atom stereocenters. The second-order valence-corrected chi connectivity index (χ2v) is 5.97. The summed E-state index contributed by atoms with van der Waals surface area (Å²) in [5, 5.41) is 12.6. The largest absolute Gasteiger partial charge is 0.371 e. The van der Waals surface area contributed by atoms with E-state index in [2.05, 4.69) is 10.3 Å². The Morgan fingerprint density at radius 3 is 2.84 bits per heavy atom. The fraction of sp³-hybridized carbons (Fsp3) is 0.278. The van der Waals surface area contributed by atoms with Crippen molar-refractivity contribution in [3.63, 3.8) is 0 Å². The molecular weight excluding hydrogens is 361 g/mol. The molecule has 2 heterocycles. The summed E-state index contributed by atoms with van der Waals surface area (Å²) in [6.45, 7) is 2.29. The van der Waals surface area contributed by atoms with Crippen LogP contribution in [0.4, 0.5) is 0 Å². The molecule has 0 amide bonds. The highest BCUT2D eigenvalue weighted by atomic mass is 35.5. The summed E-state index contributed by atoms with van der Waals surface area (Å²) < 4.78 is 5.71. The number of morpholine rings is 1. The van der Waals surface area contributed by atoms with Gasteiger partial charge in [0.25, 0.3) is 0 Å². The number of rotatable bonds is 4. The maximum absolute atomic E-state index is 12.3. The van der Waals surface area contributed by atoms with Gasteiger partial charge in [0.15, 0.2) is 5.78 Å². The molecule has 1 saturated heterocycles. The zero-order valence-corrected chi connectivity index (χ0v) is 14.9. The van der Waals surface area contributed by atoms with Gasteiger partial charge in [0.05, 0.1) is 12.7 Å². The first-order chi connectivity index (χ1) is 11.7. The molecule has 1 aromatic carbocycles. The average molecular weight is 378 g/mol. The van der Waals surface area contributed by atoms with Crippen LogP contribution in [0.2, 0.25) is 5.02 Å². The normalized spacial score (nSPS) is 16.6. The van der Waals surface area contributed by atoms with E-state index in [0.29, 0.717) is 17.2 Å². The van der Waals surface area contributed by atoms with Crippen LogP contribution in [0.15, 0.2) is 36.5 Å². The van der Waals surface area contributed by atoms with Crippen molar-refractivity contribution >= 4 is 29.8 Å². The molecule has 0 bridgehead atoms. The predicted octanol–water partition coefficient (Wildman–Crippen LogP) is 3.11. The fourth-order valence-corrected chi connectivity index (χ4v) is 2.84. The Kier molecular flexibility index (Phi) is 6.91. The lowest BCUT2D eigenvalue weighted by atomic mass is 10.0. The molecule has 0 spiro atoms. The molecule has 1 atom stereocenters. The minimum Gasteiger partial charge on any atom is -0.371 e. The van der Waals surface area contributed by atoms with E-state index in [-0.39, 0.29) is 36.4 Å². The van der Waals surface area contributed by atoms with Crippen LogP contribution in [0.1, 0.15) is 33.3 Å². The Morgan fingerprint density at radius 2 is 2.24 bits per heavy atom. The fourth-order valence-electron chi connectivity index (χ4n) is 2.59. The van der Waals surface area contributed by atoms with Crippen molar-refractivity contribution in [2.24, 2.45) is 0 Å². The van der Waals surface area contributed by atoms with Crippen LogP contribution >= 0.6 is 24.0 Å². The van der Waals surface area contributed by atoms with E-state index >= 15 is 0 Å². The van der Waals surface area contributed by atoms with E-state index in [1.807, 2.05) is 24.3 Å². The van der Waals surface area contributed by atoms with Crippen LogP contribution in [-0.2, 0) is 11.2 Å². The first-order valence-corrected chi connectivity index (χ1v) is 8.05. The van der Waals surface area contributed by atoms with Crippen LogP contribution in [0, 0.1) is 11.3 Å². The molecule has 3 rings (SSSR count). The van der Waals surface area contributed by atoms with Gasteiger partial charge in [-0.15, -0.1) is 12.4 Å². The van der Waals surface area contributed by atoms with Gasteiger partial charge in [-0.1, -0.05) is 23.7 Å². The van der Waals surface area contributed by atoms with E-state index < -0.39 is 0 Å². The number of carbonyl (C=O) groups is 1. The summed E-state index contributed by atoms with van der Waals surface area (Å²) in [7, 11) is 0. The number of aromatic nitrogens is 1. The number of nitrogens with zero attached hydrogens (tertiary/aromatic N) is 2. The first kappa shape index (κ1) is 19.4. The number of Topliss-reactive ketones (excluding diaryl/α,β-unsaturated/α-hetero) is 1. The van der Waals surface area contributed by atoms with E-state index in [1.54, 1.807) is 6.07 Å². The summed E-state index contributed by atoms with van der Waals surface area (Å²) in [6, 6.07) is 10.7. The highest BCUT2D eigenvalue weighted by Crippen LogP contribution is 2.25. The smallest absolute Gasteiger partial charge is 0.168 e. The number of carbonyl (C=O) groups excluding carboxylic acids is 1. The number of hydrogen-bond donors (Lipinski definition) is 1. The molecular formula is C18H17Cl2N3O2. The number of nitriles is 1. The van der Waals surface area contributed by atoms with E-state index in [9.17, 15) is 4.79 Å².